The maximum Gasteiger partial charge on any atom is 0.191 e. The van der Waals surface area contributed by atoms with Gasteiger partial charge in [-0.1, -0.05) is 19.1 Å². The monoisotopic (exact) mass is 308 g/mol. The van der Waals surface area contributed by atoms with Gasteiger partial charge in [-0.25, -0.2) is 4.39 Å². The molecule has 0 spiro atoms. The number of nitrogens with zero attached hydrogens (tertiary/aromatic N) is 2. The van der Waals surface area contributed by atoms with Crippen LogP contribution in [0.25, 0.3) is 0 Å². The first-order chi connectivity index (χ1) is 10.6. The first-order valence-electron chi connectivity index (χ1n) is 7.96. The minimum absolute atomic E-state index is 0.187. The molecule has 0 amide bonds. The Morgan fingerprint density at radius 2 is 2.05 bits per heavy atom. The van der Waals surface area contributed by atoms with Crippen LogP contribution in [0.5, 0.6) is 0 Å². The molecule has 0 aliphatic rings. The molecule has 0 heterocycles. The second kappa shape index (κ2) is 10.2. The zero-order valence-electron chi connectivity index (χ0n) is 14.2. The van der Waals surface area contributed by atoms with E-state index in [1.807, 2.05) is 6.07 Å². The van der Waals surface area contributed by atoms with E-state index < -0.39 is 0 Å². The van der Waals surface area contributed by atoms with E-state index in [1.165, 1.54) is 6.07 Å². The van der Waals surface area contributed by atoms with Crippen LogP contribution in [0.15, 0.2) is 29.3 Å². The Balaban J connectivity index is 2.25. The second-order valence-electron chi connectivity index (χ2n) is 5.54. The Morgan fingerprint density at radius 1 is 1.32 bits per heavy atom. The summed E-state index contributed by atoms with van der Waals surface area (Å²) in [5, 5.41) is 6.55. The van der Waals surface area contributed by atoms with E-state index in [0.717, 1.165) is 44.0 Å². The molecule has 0 aliphatic heterocycles. The fraction of sp³-hybridized carbons (Fsp3) is 0.588. The van der Waals surface area contributed by atoms with Gasteiger partial charge in [-0.3, -0.25) is 4.99 Å². The molecule has 1 rings (SSSR count). The molecule has 4 nitrogen and oxygen atoms in total. The molecule has 22 heavy (non-hydrogen) atoms. The Bertz CT molecular complexity index is 462. The van der Waals surface area contributed by atoms with Gasteiger partial charge in [0.25, 0.3) is 0 Å². The molecule has 0 saturated heterocycles. The number of hydrogen-bond donors (Lipinski definition) is 2. The molecule has 0 bridgehead atoms. The van der Waals surface area contributed by atoms with Crippen molar-refractivity contribution in [3.8, 4) is 0 Å². The molecule has 1 aromatic rings. The summed E-state index contributed by atoms with van der Waals surface area (Å²) < 4.78 is 13.1. The Labute approximate surface area is 133 Å². The van der Waals surface area contributed by atoms with Crippen molar-refractivity contribution in [2.24, 2.45) is 4.99 Å². The van der Waals surface area contributed by atoms with E-state index in [4.69, 9.17) is 0 Å². The van der Waals surface area contributed by atoms with Crippen LogP contribution >= 0.6 is 0 Å². The Kier molecular flexibility index (Phi) is 8.51. The van der Waals surface area contributed by atoms with Gasteiger partial charge < -0.3 is 15.5 Å². The van der Waals surface area contributed by atoms with E-state index in [2.05, 4.69) is 41.4 Å². The molecule has 0 aliphatic carbocycles. The average molecular weight is 308 g/mol. The van der Waals surface area contributed by atoms with E-state index in [1.54, 1.807) is 19.2 Å². The van der Waals surface area contributed by atoms with Gasteiger partial charge >= 0.3 is 0 Å². The van der Waals surface area contributed by atoms with Crippen LogP contribution < -0.4 is 10.6 Å². The van der Waals surface area contributed by atoms with Gasteiger partial charge in [0, 0.05) is 32.7 Å². The molecular formula is C17H29FN4. The number of nitrogens with one attached hydrogen (secondary N) is 2. The van der Waals surface area contributed by atoms with Crippen molar-refractivity contribution in [1.82, 2.24) is 15.5 Å². The summed E-state index contributed by atoms with van der Waals surface area (Å²) in [7, 11) is 3.89. The van der Waals surface area contributed by atoms with Crippen molar-refractivity contribution in [3.05, 3.63) is 35.6 Å². The van der Waals surface area contributed by atoms with Crippen LogP contribution in [0, 0.1) is 5.82 Å². The van der Waals surface area contributed by atoms with Crippen molar-refractivity contribution >= 4 is 5.96 Å². The first-order valence-corrected chi connectivity index (χ1v) is 7.96. The minimum atomic E-state index is -0.187. The third-order valence-electron chi connectivity index (χ3n) is 3.92. The van der Waals surface area contributed by atoms with Gasteiger partial charge in [-0.2, -0.15) is 0 Å². The van der Waals surface area contributed by atoms with Crippen LogP contribution in [0.4, 0.5) is 4.39 Å². The summed E-state index contributed by atoms with van der Waals surface area (Å²) in [4.78, 5) is 6.53. The summed E-state index contributed by atoms with van der Waals surface area (Å²) in [6.07, 6.45) is 1.92. The van der Waals surface area contributed by atoms with Crippen molar-refractivity contribution in [1.29, 1.82) is 0 Å². The fourth-order valence-corrected chi connectivity index (χ4v) is 2.12. The van der Waals surface area contributed by atoms with E-state index in [-0.39, 0.29) is 5.82 Å². The molecule has 0 saturated carbocycles. The lowest BCUT2D eigenvalue weighted by Gasteiger charge is -2.24. The third-order valence-corrected chi connectivity index (χ3v) is 3.92. The van der Waals surface area contributed by atoms with Gasteiger partial charge in [0.15, 0.2) is 5.96 Å². The van der Waals surface area contributed by atoms with Gasteiger partial charge in [-0.15, -0.1) is 0 Å². The maximum absolute atomic E-state index is 13.1. The first kappa shape index (κ1) is 18.4. The summed E-state index contributed by atoms with van der Waals surface area (Å²) in [5.41, 5.74) is 0.986. The summed E-state index contributed by atoms with van der Waals surface area (Å²) in [6.45, 7) is 6.97. The zero-order chi connectivity index (χ0) is 16.4. The standard InChI is InChI=1S/C17H29FN4/c1-5-14(2)22(4)12-11-21-17(19-3)20-10-9-15-7-6-8-16(18)13-15/h6-8,13-14H,5,9-12H2,1-4H3,(H2,19,20,21). The van der Waals surface area contributed by atoms with Crippen LogP contribution in [0.2, 0.25) is 0 Å². The lowest BCUT2D eigenvalue weighted by atomic mass is 10.1. The predicted molar refractivity (Wildman–Crippen MR) is 91.9 cm³/mol. The topological polar surface area (TPSA) is 39.7 Å². The van der Waals surface area contributed by atoms with E-state index in [9.17, 15) is 4.39 Å². The number of halogens is 1. The summed E-state index contributed by atoms with van der Waals surface area (Å²) >= 11 is 0. The highest BCUT2D eigenvalue weighted by Crippen LogP contribution is 2.03. The van der Waals surface area contributed by atoms with Gasteiger partial charge in [-0.05, 0) is 44.5 Å². The number of likely N-dealkylation sites (N-methyl/N-ethyl adjacent to an activating group) is 1. The second-order valence-corrected chi connectivity index (χ2v) is 5.54. The molecule has 2 N–H and O–H groups in total. The van der Waals surface area contributed by atoms with Crippen molar-refractivity contribution in [2.75, 3.05) is 33.7 Å². The third kappa shape index (κ3) is 6.89. The Hall–Kier alpha value is -1.62. The highest BCUT2D eigenvalue weighted by Gasteiger charge is 2.06. The lowest BCUT2D eigenvalue weighted by Crippen LogP contribution is -2.42. The number of rotatable bonds is 8. The summed E-state index contributed by atoms with van der Waals surface area (Å²) in [6, 6.07) is 7.29. The molecular weight excluding hydrogens is 279 g/mol. The molecule has 1 atom stereocenters. The highest BCUT2D eigenvalue weighted by atomic mass is 19.1. The number of guanidine groups is 1. The number of aliphatic imine (C=N–C) groups is 1. The normalized spacial score (nSPS) is 13.3. The highest BCUT2D eigenvalue weighted by molar-refractivity contribution is 5.79. The van der Waals surface area contributed by atoms with Crippen molar-refractivity contribution < 1.29 is 4.39 Å². The molecule has 0 radical (unpaired) electrons. The summed E-state index contributed by atoms with van der Waals surface area (Å²) in [5.74, 6) is 0.599. The minimum Gasteiger partial charge on any atom is -0.356 e. The molecule has 5 heteroatoms. The lowest BCUT2D eigenvalue weighted by molar-refractivity contribution is 0.255. The van der Waals surface area contributed by atoms with Crippen molar-refractivity contribution in [3.63, 3.8) is 0 Å². The van der Waals surface area contributed by atoms with Gasteiger partial charge in [0.05, 0.1) is 0 Å². The van der Waals surface area contributed by atoms with Crippen LogP contribution in [-0.2, 0) is 6.42 Å². The van der Waals surface area contributed by atoms with Crippen LogP contribution in [-0.4, -0.2) is 50.6 Å². The molecule has 1 aromatic carbocycles. The maximum atomic E-state index is 13.1. The average Bonchev–Trinajstić information content (AvgIpc) is 2.52. The molecule has 124 valence electrons. The SMILES string of the molecule is CCC(C)N(C)CCNC(=NC)NCCc1cccc(F)c1. The predicted octanol–water partition coefficient (Wildman–Crippen LogP) is 2.26. The van der Waals surface area contributed by atoms with Gasteiger partial charge in [0.1, 0.15) is 5.82 Å². The number of benzene rings is 1. The van der Waals surface area contributed by atoms with Crippen molar-refractivity contribution in [2.45, 2.75) is 32.7 Å². The van der Waals surface area contributed by atoms with Crippen LogP contribution in [0.3, 0.4) is 0 Å². The molecule has 0 aromatic heterocycles. The molecule has 1 unspecified atom stereocenters. The van der Waals surface area contributed by atoms with E-state index in [0.29, 0.717) is 6.04 Å². The number of hydrogen-bond acceptors (Lipinski definition) is 2. The fourth-order valence-electron chi connectivity index (χ4n) is 2.12. The smallest absolute Gasteiger partial charge is 0.191 e. The van der Waals surface area contributed by atoms with E-state index >= 15 is 0 Å². The van der Waals surface area contributed by atoms with Gasteiger partial charge in [0.2, 0.25) is 0 Å². The van der Waals surface area contributed by atoms with Crippen LogP contribution in [0.1, 0.15) is 25.8 Å². The largest absolute Gasteiger partial charge is 0.356 e. The Morgan fingerprint density at radius 3 is 2.68 bits per heavy atom. The zero-order valence-corrected chi connectivity index (χ0v) is 14.2. The molecule has 0 fully saturated rings. The quantitative estimate of drug-likeness (QED) is 0.572.